The van der Waals surface area contributed by atoms with Crippen molar-refractivity contribution < 1.29 is 5.11 Å². The molecule has 0 fully saturated rings. The topological polar surface area (TPSA) is 38.0 Å². The number of rotatable bonds is 5. The number of halogens is 1. The second kappa shape index (κ2) is 6.42. The van der Waals surface area contributed by atoms with Gasteiger partial charge >= 0.3 is 0 Å². The molecule has 0 aliphatic heterocycles. The van der Waals surface area contributed by atoms with Gasteiger partial charge in [0.05, 0.1) is 11.8 Å². The molecule has 1 heterocycles. The Hall–Kier alpha value is -1.32. The second-order valence-corrected chi connectivity index (χ2v) is 5.62. The second-order valence-electron chi connectivity index (χ2n) is 5.24. The van der Waals surface area contributed by atoms with Crippen molar-refractivity contribution in [3.8, 4) is 0 Å². The Labute approximate surface area is 125 Å². The number of aromatic nitrogens is 2. The van der Waals surface area contributed by atoms with E-state index >= 15 is 0 Å². The molecule has 0 radical (unpaired) electrons. The van der Waals surface area contributed by atoms with Gasteiger partial charge in [0.1, 0.15) is 0 Å². The molecule has 4 heteroatoms. The first-order valence-electron chi connectivity index (χ1n) is 7.00. The van der Waals surface area contributed by atoms with E-state index in [0.29, 0.717) is 17.5 Å². The predicted molar refractivity (Wildman–Crippen MR) is 82.1 cm³/mol. The number of nitrogens with zero attached hydrogens (tertiary/aromatic N) is 2. The van der Waals surface area contributed by atoms with Crippen LogP contribution in [0.1, 0.15) is 49.2 Å². The maximum absolute atomic E-state index is 10.4. The first-order valence-corrected chi connectivity index (χ1v) is 7.37. The molecule has 0 saturated heterocycles. The van der Waals surface area contributed by atoms with Crippen LogP contribution >= 0.6 is 11.6 Å². The molecule has 0 spiro atoms. The van der Waals surface area contributed by atoms with E-state index in [1.54, 1.807) is 0 Å². The minimum absolute atomic E-state index is 0.378. The van der Waals surface area contributed by atoms with E-state index in [0.717, 1.165) is 23.2 Å². The van der Waals surface area contributed by atoms with Crippen LogP contribution in [0.2, 0.25) is 5.02 Å². The first-order chi connectivity index (χ1) is 9.52. The summed E-state index contributed by atoms with van der Waals surface area (Å²) < 4.78 is 1.94. The van der Waals surface area contributed by atoms with Crippen molar-refractivity contribution in [2.45, 2.75) is 45.8 Å². The summed E-state index contributed by atoms with van der Waals surface area (Å²) in [6.07, 6.45) is 2.86. The third-order valence-corrected chi connectivity index (χ3v) is 4.21. The Balaban J connectivity index is 2.13. The van der Waals surface area contributed by atoms with Crippen LogP contribution in [0.3, 0.4) is 0 Å². The van der Waals surface area contributed by atoms with Crippen molar-refractivity contribution in [1.82, 2.24) is 9.78 Å². The van der Waals surface area contributed by atoms with Crippen LogP contribution in [0, 0.1) is 6.92 Å². The van der Waals surface area contributed by atoms with Crippen LogP contribution < -0.4 is 0 Å². The maximum Gasteiger partial charge on any atom is 0.0860 e. The highest BCUT2D eigenvalue weighted by Crippen LogP contribution is 2.28. The van der Waals surface area contributed by atoms with Crippen molar-refractivity contribution in [2.24, 2.45) is 0 Å². The van der Waals surface area contributed by atoms with Gasteiger partial charge in [-0.1, -0.05) is 36.7 Å². The quantitative estimate of drug-likeness (QED) is 0.901. The third-order valence-electron chi connectivity index (χ3n) is 3.69. The normalized spacial score (nSPS) is 14.2. The fourth-order valence-electron chi connectivity index (χ4n) is 2.15. The molecule has 0 aliphatic carbocycles. The number of hydrogen-bond donors (Lipinski definition) is 1. The average molecular weight is 293 g/mol. The summed E-state index contributed by atoms with van der Waals surface area (Å²) >= 11 is 6.25. The zero-order chi connectivity index (χ0) is 14.7. The molecular weight excluding hydrogens is 272 g/mol. The van der Waals surface area contributed by atoms with Crippen LogP contribution in [0.5, 0.6) is 0 Å². The van der Waals surface area contributed by atoms with Gasteiger partial charge in [0.15, 0.2) is 0 Å². The fraction of sp³-hybridized carbons (Fsp3) is 0.438. The van der Waals surface area contributed by atoms with Gasteiger partial charge < -0.3 is 5.11 Å². The van der Waals surface area contributed by atoms with E-state index < -0.39 is 6.10 Å². The molecule has 20 heavy (non-hydrogen) atoms. The van der Waals surface area contributed by atoms with Gasteiger partial charge in [-0.25, -0.2) is 0 Å². The summed E-state index contributed by atoms with van der Waals surface area (Å²) in [6, 6.07) is 8.06. The lowest BCUT2D eigenvalue weighted by molar-refractivity contribution is 0.177. The minimum Gasteiger partial charge on any atom is -0.388 e. The van der Waals surface area contributed by atoms with Crippen molar-refractivity contribution in [1.29, 1.82) is 0 Å². The van der Waals surface area contributed by atoms with E-state index in [1.165, 1.54) is 0 Å². The molecule has 2 rings (SSSR count). The highest BCUT2D eigenvalue weighted by Gasteiger charge is 2.15. The Morgan fingerprint density at radius 1 is 1.35 bits per heavy atom. The fourth-order valence-corrected chi connectivity index (χ4v) is 2.41. The Morgan fingerprint density at radius 2 is 2.10 bits per heavy atom. The molecule has 1 aromatic heterocycles. The number of hydrogen-bond acceptors (Lipinski definition) is 2. The standard InChI is InChI=1S/C16H21ClN2O/c1-4-12(3)19-9-8-13(18-19)10-15(20)14-7-5-6-11(2)16(14)17/h5-9,12,15,20H,4,10H2,1-3H3. The molecule has 2 aromatic rings. The van der Waals surface area contributed by atoms with Gasteiger partial charge in [-0.3, -0.25) is 4.68 Å². The first kappa shape index (κ1) is 15.1. The molecule has 0 bridgehead atoms. The van der Waals surface area contributed by atoms with Gasteiger partial charge in [0.25, 0.3) is 0 Å². The summed E-state index contributed by atoms with van der Waals surface area (Å²) in [6.45, 7) is 6.20. The van der Waals surface area contributed by atoms with Crippen molar-refractivity contribution in [3.63, 3.8) is 0 Å². The van der Waals surface area contributed by atoms with E-state index in [4.69, 9.17) is 11.6 Å². The van der Waals surface area contributed by atoms with Crippen LogP contribution in [0.4, 0.5) is 0 Å². The zero-order valence-electron chi connectivity index (χ0n) is 12.2. The van der Waals surface area contributed by atoms with Crippen LogP contribution in [0.15, 0.2) is 30.5 Å². The molecule has 0 aliphatic rings. The van der Waals surface area contributed by atoms with Crippen molar-refractivity contribution in [2.75, 3.05) is 0 Å². The van der Waals surface area contributed by atoms with Gasteiger partial charge in [-0.2, -0.15) is 5.10 Å². The van der Waals surface area contributed by atoms with E-state index in [-0.39, 0.29) is 0 Å². The predicted octanol–water partition coefficient (Wildman–Crippen LogP) is 4.09. The lowest BCUT2D eigenvalue weighted by Crippen LogP contribution is -2.07. The summed E-state index contributed by atoms with van der Waals surface area (Å²) in [4.78, 5) is 0. The largest absolute Gasteiger partial charge is 0.388 e. The van der Waals surface area contributed by atoms with Gasteiger partial charge in [0, 0.05) is 23.7 Å². The van der Waals surface area contributed by atoms with E-state index in [2.05, 4.69) is 18.9 Å². The molecule has 2 atom stereocenters. The van der Waals surface area contributed by atoms with Crippen molar-refractivity contribution in [3.05, 3.63) is 52.3 Å². The molecule has 2 unspecified atom stereocenters. The van der Waals surface area contributed by atoms with Crippen LogP contribution in [-0.4, -0.2) is 14.9 Å². The summed E-state index contributed by atoms with van der Waals surface area (Å²) in [5.74, 6) is 0. The highest BCUT2D eigenvalue weighted by atomic mass is 35.5. The molecule has 108 valence electrons. The van der Waals surface area contributed by atoms with E-state index in [1.807, 2.05) is 42.1 Å². The Bertz CT molecular complexity index is 580. The van der Waals surface area contributed by atoms with Crippen LogP contribution in [-0.2, 0) is 6.42 Å². The number of benzene rings is 1. The molecule has 1 N–H and O–H groups in total. The van der Waals surface area contributed by atoms with E-state index in [9.17, 15) is 5.11 Å². The number of aliphatic hydroxyl groups is 1. The van der Waals surface area contributed by atoms with Gasteiger partial charge in [-0.05, 0) is 37.5 Å². The maximum atomic E-state index is 10.4. The monoisotopic (exact) mass is 292 g/mol. The number of aliphatic hydroxyl groups excluding tert-OH is 1. The lowest BCUT2D eigenvalue weighted by Gasteiger charge is -2.13. The SMILES string of the molecule is CCC(C)n1ccc(CC(O)c2cccc(C)c2Cl)n1. The van der Waals surface area contributed by atoms with Crippen LogP contribution in [0.25, 0.3) is 0 Å². The molecule has 0 saturated carbocycles. The average Bonchev–Trinajstić information content (AvgIpc) is 2.89. The van der Waals surface area contributed by atoms with Gasteiger partial charge in [0.2, 0.25) is 0 Å². The van der Waals surface area contributed by atoms with Gasteiger partial charge in [-0.15, -0.1) is 0 Å². The summed E-state index contributed by atoms with van der Waals surface area (Å²) in [5, 5.41) is 15.5. The zero-order valence-corrected chi connectivity index (χ0v) is 12.9. The summed E-state index contributed by atoms with van der Waals surface area (Å²) in [5.41, 5.74) is 2.63. The molecule has 1 aromatic carbocycles. The Morgan fingerprint density at radius 3 is 2.80 bits per heavy atom. The lowest BCUT2D eigenvalue weighted by atomic mass is 10.0. The summed E-state index contributed by atoms with van der Waals surface area (Å²) in [7, 11) is 0. The van der Waals surface area contributed by atoms with Crippen molar-refractivity contribution >= 4 is 11.6 Å². The minimum atomic E-state index is -0.623. The molecular formula is C16H21ClN2O. The smallest absolute Gasteiger partial charge is 0.0860 e. The molecule has 3 nitrogen and oxygen atoms in total. The number of aryl methyl sites for hydroxylation is 1. The highest BCUT2D eigenvalue weighted by molar-refractivity contribution is 6.32. The third kappa shape index (κ3) is 3.22. The Kier molecular flexibility index (Phi) is 4.84. The molecule has 0 amide bonds.